The number of aromatic nitrogens is 1. The van der Waals surface area contributed by atoms with Crippen molar-refractivity contribution in [2.75, 3.05) is 5.75 Å². The minimum atomic E-state index is -2.97. The molecule has 0 bridgehead atoms. The highest BCUT2D eigenvalue weighted by Gasteiger charge is 2.15. The Labute approximate surface area is 183 Å². The molecule has 0 fully saturated rings. The van der Waals surface area contributed by atoms with Gasteiger partial charge < -0.3 is 0 Å². The van der Waals surface area contributed by atoms with Gasteiger partial charge in [0.25, 0.3) is 0 Å². The summed E-state index contributed by atoms with van der Waals surface area (Å²) >= 11 is 1.68. The first-order chi connectivity index (χ1) is 14.2. The van der Waals surface area contributed by atoms with Gasteiger partial charge in [-0.3, -0.25) is 4.79 Å². The van der Waals surface area contributed by atoms with Crippen molar-refractivity contribution >= 4 is 37.2 Å². The Kier molecular flexibility index (Phi) is 7.42. The summed E-state index contributed by atoms with van der Waals surface area (Å²) in [6.45, 7) is 5.50. The van der Waals surface area contributed by atoms with Crippen LogP contribution in [0, 0.1) is 6.92 Å². The van der Waals surface area contributed by atoms with Gasteiger partial charge >= 0.3 is 0 Å². The van der Waals surface area contributed by atoms with Crippen molar-refractivity contribution in [2.45, 2.75) is 58.1 Å². The van der Waals surface area contributed by atoms with Crippen LogP contribution in [0.2, 0.25) is 0 Å². The summed E-state index contributed by atoms with van der Waals surface area (Å²) in [4.78, 5) is 17.0. The number of fused-ring (bicyclic) bond motifs is 1. The van der Waals surface area contributed by atoms with E-state index in [1.165, 1.54) is 10.3 Å². The molecule has 0 unspecified atom stereocenters. The van der Waals surface area contributed by atoms with E-state index in [0.29, 0.717) is 19.3 Å². The van der Waals surface area contributed by atoms with Gasteiger partial charge in [-0.15, -0.1) is 11.3 Å². The number of benzene rings is 2. The number of carbonyl (C=O) groups is 1. The molecular weight excluding hydrogens is 414 g/mol. The number of carbonyl (C=O) groups excluding carboxylic acids is 1. The van der Waals surface area contributed by atoms with Crippen LogP contribution in [0.15, 0.2) is 42.5 Å². The zero-order valence-corrected chi connectivity index (χ0v) is 19.5. The number of hydrogen-bond donors (Lipinski definition) is 0. The van der Waals surface area contributed by atoms with Gasteiger partial charge in [0.2, 0.25) is 0 Å². The number of unbranched alkanes of at least 4 members (excludes halogenated alkanes) is 2. The Morgan fingerprint density at radius 1 is 1.03 bits per heavy atom. The Hall–Kier alpha value is -2.05. The SMILES string of the molecule is Cc1ccc2nc(-c3ccc(CC(=O)CCCCCS(=O)(=O)C(C)C)cc3)sc2c1. The average molecular weight is 444 g/mol. The fraction of sp³-hybridized carbons (Fsp3) is 0.417. The Morgan fingerprint density at radius 3 is 2.47 bits per heavy atom. The predicted molar refractivity (Wildman–Crippen MR) is 126 cm³/mol. The molecule has 0 radical (unpaired) electrons. The van der Waals surface area contributed by atoms with Gasteiger partial charge in [0.05, 0.1) is 21.2 Å². The summed E-state index contributed by atoms with van der Waals surface area (Å²) < 4.78 is 24.8. The Balaban J connectivity index is 1.48. The fourth-order valence-electron chi connectivity index (χ4n) is 3.27. The lowest BCUT2D eigenvalue weighted by atomic mass is 10.0. The molecule has 0 atom stereocenters. The maximum Gasteiger partial charge on any atom is 0.152 e. The number of nitrogens with zero attached hydrogens (tertiary/aromatic N) is 1. The highest BCUT2D eigenvalue weighted by atomic mass is 32.2. The van der Waals surface area contributed by atoms with Gasteiger partial charge in [0.1, 0.15) is 10.8 Å². The monoisotopic (exact) mass is 443 g/mol. The van der Waals surface area contributed by atoms with Gasteiger partial charge in [-0.25, -0.2) is 13.4 Å². The average Bonchev–Trinajstić information content (AvgIpc) is 3.11. The minimum absolute atomic E-state index is 0.199. The molecule has 30 heavy (non-hydrogen) atoms. The lowest BCUT2D eigenvalue weighted by Crippen LogP contribution is -2.17. The number of Topliss-reactive ketones (excluding diaryl/α,β-unsaturated/α-hetero) is 1. The van der Waals surface area contributed by atoms with Crippen molar-refractivity contribution in [3.8, 4) is 10.6 Å². The molecule has 4 nitrogen and oxygen atoms in total. The maximum absolute atomic E-state index is 12.3. The highest BCUT2D eigenvalue weighted by Crippen LogP contribution is 2.30. The molecule has 2 aromatic carbocycles. The summed E-state index contributed by atoms with van der Waals surface area (Å²) in [5, 5.41) is 0.666. The highest BCUT2D eigenvalue weighted by molar-refractivity contribution is 7.91. The van der Waals surface area contributed by atoms with E-state index in [1.54, 1.807) is 25.2 Å². The third kappa shape index (κ3) is 5.99. The van der Waals surface area contributed by atoms with Crippen LogP contribution >= 0.6 is 11.3 Å². The van der Waals surface area contributed by atoms with E-state index < -0.39 is 9.84 Å². The van der Waals surface area contributed by atoms with E-state index in [-0.39, 0.29) is 16.8 Å². The van der Waals surface area contributed by atoms with E-state index in [9.17, 15) is 13.2 Å². The van der Waals surface area contributed by atoms with Crippen LogP contribution in [0.1, 0.15) is 50.7 Å². The molecule has 160 valence electrons. The lowest BCUT2D eigenvalue weighted by Gasteiger charge is -2.07. The number of thiazole rings is 1. The second-order valence-corrected chi connectivity index (χ2v) is 11.8. The summed E-state index contributed by atoms with van der Waals surface area (Å²) in [5.41, 5.74) is 4.31. The Bertz CT molecular complexity index is 1110. The molecule has 1 aromatic heterocycles. The largest absolute Gasteiger partial charge is 0.299 e. The molecular formula is C24H29NO3S2. The first-order valence-electron chi connectivity index (χ1n) is 10.4. The molecule has 0 saturated carbocycles. The molecule has 0 amide bonds. The number of aryl methyl sites for hydroxylation is 1. The topological polar surface area (TPSA) is 64.1 Å². The van der Waals surface area contributed by atoms with Gasteiger partial charge in [0.15, 0.2) is 9.84 Å². The fourth-order valence-corrected chi connectivity index (χ4v) is 5.42. The van der Waals surface area contributed by atoms with Gasteiger partial charge in [0, 0.05) is 18.4 Å². The maximum atomic E-state index is 12.3. The molecule has 1 heterocycles. The van der Waals surface area contributed by atoms with E-state index in [1.807, 2.05) is 24.3 Å². The molecule has 0 saturated heterocycles. The van der Waals surface area contributed by atoms with Crippen LogP contribution < -0.4 is 0 Å². The van der Waals surface area contributed by atoms with Crippen molar-refractivity contribution in [3.05, 3.63) is 53.6 Å². The molecule has 0 aliphatic carbocycles. The molecule has 6 heteroatoms. The molecule has 0 aliphatic heterocycles. The third-order valence-corrected chi connectivity index (χ3v) is 8.61. The van der Waals surface area contributed by atoms with E-state index in [0.717, 1.165) is 34.5 Å². The van der Waals surface area contributed by atoms with Crippen LogP contribution in [-0.2, 0) is 21.1 Å². The zero-order chi connectivity index (χ0) is 21.7. The zero-order valence-electron chi connectivity index (χ0n) is 17.8. The first-order valence-corrected chi connectivity index (χ1v) is 13.0. The van der Waals surface area contributed by atoms with Crippen molar-refractivity contribution in [3.63, 3.8) is 0 Å². The van der Waals surface area contributed by atoms with Crippen LogP contribution in [-0.4, -0.2) is 30.2 Å². The minimum Gasteiger partial charge on any atom is -0.299 e. The first kappa shape index (κ1) is 22.6. The van der Waals surface area contributed by atoms with E-state index >= 15 is 0 Å². The lowest BCUT2D eigenvalue weighted by molar-refractivity contribution is -0.118. The van der Waals surface area contributed by atoms with Gasteiger partial charge in [-0.05, 0) is 56.9 Å². The van der Waals surface area contributed by atoms with Crippen LogP contribution in [0.3, 0.4) is 0 Å². The van der Waals surface area contributed by atoms with Crippen LogP contribution in [0.25, 0.3) is 20.8 Å². The number of sulfone groups is 1. The predicted octanol–water partition coefficient (Wildman–Crippen LogP) is 5.77. The quantitative estimate of drug-likeness (QED) is 0.373. The summed E-state index contributed by atoms with van der Waals surface area (Å²) in [5.74, 6) is 0.413. The number of ketones is 1. The van der Waals surface area contributed by atoms with Crippen molar-refractivity contribution in [1.82, 2.24) is 4.98 Å². The molecule has 0 N–H and O–H groups in total. The molecule has 3 rings (SSSR count). The van der Waals surface area contributed by atoms with E-state index in [4.69, 9.17) is 4.98 Å². The van der Waals surface area contributed by atoms with Crippen molar-refractivity contribution < 1.29 is 13.2 Å². The smallest absolute Gasteiger partial charge is 0.152 e. The molecule has 3 aromatic rings. The number of rotatable bonds is 10. The Morgan fingerprint density at radius 2 is 1.77 bits per heavy atom. The summed E-state index contributed by atoms with van der Waals surface area (Å²) in [7, 11) is -2.97. The van der Waals surface area contributed by atoms with Crippen molar-refractivity contribution in [2.24, 2.45) is 0 Å². The third-order valence-electron chi connectivity index (χ3n) is 5.25. The second-order valence-electron chi connectivity index (χ2n) is 8.13. The standard InChI is InChI=1S/C24H29NO3S2/c1-17(2)30(27,28)14-6-4-5-7-21(26)16-19-9-11-20(12-10-19)24-25-22-13-8-18(3)15-23(22)29-24/h8-13,15,17H,4-7,14,16H2,1-3H3. The normalized spacial score (nSPS) is 12.0. The van der Waals surface area contributed by atoms with Crippen LogP contribution in [0.4, 0.5) is 0 Å². The summed E-state index contributed by atoms with van der Waals surface area (Å²) in [6, 6.07) is 14.3. The molecule has 0 spiro atoms. The van der Waals surface area contributed by atoms with Crippen LogP contribution in [0.5, 0.6) is 0 Å². The second kappa shape index (κ2) is 9.84. The summed E-state index contributed by atoms with van der Waals surface area (Å²) in [6.07, 6.45) is 3.07. The number of hydrogen-bond acceptors (Lipinski definition) is 5. The van der Waals surface area contributed by atoms with Crippen molar-refractivity contribution in [1.29, 1.82) is 0 Å². The van der Waals surface area contributed by atoms with Gasteiger partial charge in [-0.1, -0.05) is 36.8 Å². The van der Waals surface area contributed by atoms with E-state index in [2.05, 4.69) is 25.1 Å². The van der Waals surface area contributed by atoms with Gasteiger partial charge in [-0.2, -0.15) is 0 Å². The molecule has 0 aliphatic rings.